The van der Waals surface area contributed by atoms with Crippen LogP contribution in [0.3, 0.4) is 0 Å². The van der Waals surface area contributed by atoms with Crippen molar-refractivity contribution >= 4 is 17.3 Å². The first-order valence-corrected chi connectivity index (χ1v) is 16.0. The highest BCUT2D eigenvalue weighted by molar-refractivity contribution is 7.09. The number of nitrogens with zero attached hydrogens (tertiary/aromatic N) is 1. The van der Waals surface area contributed by atoms with Gasteiger partial charge in [-0.05, 0) is 85.5 Å². The molecule has 0 aliphatic heterocycles. The maximum atomic E-state index is 12.8. The van der Waals surface area contributed by atoms with Crippen molar-refractivity contribution in [1.29, 1.82) is 0 Å². The van der Waals surface area contributed by atoms with Crippen molar-refractivity contribution in [2.45, 2.75) is 117 Å². The van der Waals surface area contributed by atoms with Crippen LogP contribution in [0.15, 0.2) is 35.7 Å². The Morgan fingerprint density at radius 1 is 1.05 bits per heavy atom. The summed E-state index contributed by atoms with van der Waals surface area (Å²) in [5.74, 6) is 2.16. The van der Waals surface area contributed by atoms with E-state index < -0.39 is 0 Å². The van der Waals surface area contributed by atoms with Crippen LogP contribution in [-0.4, -0.2) is 30.0 Å². The van der Waals surface area contributed by atoms with Crippen LogP contribution in [0, 0.1) is 11.8 Å². The number of hydrogen-bond acceptors (Lipinski definition) is 4. The van der Waals surface area contributed by atoms with Gasteiger partial charge in [0.2, 0.25) is 0 Å². The lowest BCUT2D eigenvalue weighted by atomic mass is 9.86. The van der Waals surface area contributed by atoms with Crippen molar-refractivity contribution < 1.29 is 9.53 Å². The van der Waals surface area contributed by atoms with Gasteiger partial charge in [-0.1, -0.05) is 84.4 Å². The molecular formula is C33H51NO2S. The molecule has 2 aromatic rings. The molecule has 1 aliphatic rings. The molecule has 4 heteroatoms. The predicted molar refractivity (Wildman–Crippen MR) is 159 cm³/mol. The molecule has 1 aromatic carbocycles. The predicted octanol–water partition coefficient (Wildman–Crippen LogP) is 8.88. The third-order valence-corrected chi connectivity index (χ3v) is 9.28. The monoisotopic (exact) mass is 525 g/mol. The summed E-state index contributed by atoms with van der Waals surface area (Å²) in [5, 5.41) is 2.18. The van der Waals surface area contributed by atoms with Crippen LogP contribution in [0.5, 0.6) is 5.75 Å². The maximum absolute atomic E-state index is 12.8. The Morgan fingerprint density at radius 2 is 1.92 bits per heavy atom. The van der Waals surface area contributed by atoms with Gasteiger partial charge < -0.3 is 4.74 Å². The minimum absolute atomic E-state index is 0.0658. The SMILES string of the molecule is CCCCC(CC)CCC(C)CCC(=O)Oc1cccc2c1CCC(N(CCC)CCc1cccs1)C2. The molecule has 0 spiro atoms. The van der Waals surface area contributed by atoms with Gasteiger partial charge in [-0.3, -0.25) is 9.69 Å². The van der Waals surface area contributed by atoms with Gasteiger partial charge in [-0.25, -0.2) is 0 Å². The molecule has 1 aromatic heterocycles. The van der Waals surface area contributed by atoms with Crippen LogP contribution in [0.1, 0.15) is 108 Å². The van der Waals surface area contributed by atoms with Crippen molar-refractivity contribution in [3.63, 3.8) is 0 Å². The molecule has 3 atom stereocenters. The summed E-state index contributed by atoms with van der Waals surface area (Å²) in [7, 11) is 0. The van der Waals surface area contributed by atoms with Crippen molar-refractivity contribution in [2.24, 2.45) is 11.8 Å². The lowest BCUT2D eigenvalue weighted by molar-refractivity contribution is -0.134. The van der Waals surface area contributed by atoms with Gasteiger partial charge in [0.1, 0.15) is 5.75 Å². The zero-order valence-electron chi connectivity index (χ0n) is 24.0. The molecule has 3 nitrogen and oxygen atoms in total. The number of esters is 1. The second-order valence-corrected chi connectivity index (χ2v) is 12.3. The topological polar surface area (TPSA) is 29.5 Å². The summed E-state index contributed by atoms with van der Waals surface area (Å²) in [6, 6.07) is 11.3. The molecule has 1 heterocycles. The van der Waals surface area contributed by atoms with Gasteiger partial charge in [-0.2, -0.15) is 0 Å². The summed E-state index contributed by atoms with van der Waals surface area (Å²) in [6.07, 6.45) is 14.7. The largest absolute Gasteiger partial charge is 0.426 e. The van der Waals surface area contributed by atoms with E-state index in [9.17, 15) is 4.79 Å². The smallest absolute Gasteiger partial charge is 0.311 e. The van der Waals surface area contributed by atoms with Gasteiger partial charge in [-0.15, -0.1) is 11.3 Å². The van der Waals surface area contributed by atoms with Crippen LogP contribution in [-0.2, 0) is 24.1 Å². The van der Waals surface area contributed by atoms with Crippen LogP contribution in [0.4, 0.5) is 0 Å². The third-order valence-electron chi connectivity index (χ3n) is 8.34. The molecule has 0 radical (unpaired) electrons. The Bertz CT molecular complexity index is 909. The summed E-state index contributed by atoms with van der Waals surface area (Å²) in [5.41, 5.74) is 2.63. The fourth-order valence-corrected chi connectivity index (χ4v) is 6.58. The van der Waals surface area contributed by atoms with E-state index in [1.807, 2.05) is 17.4 Å². The number of ether oxygens (including phenoxy) is 1. The average Bonchev–Trinajstić information content (AvgIpc) is 3.43. The highest BCUT2D eigenvalue weighted by Gasteiger charge is 2.26. The number of rotatable bonds is 17. The zero-order valence-corrected chi connectivity index (χ0v) is 24.8. The fourth-order valence-electron chi connectivity index (χ4n) is 5.88. The summed E-state index contributed by atoms with van der Waals surface area (Å²) in [6.45, 7) is 11.4. The number of thiophene rings is 1. The van der Waals surface area contributed by atoms with E-state index >= 15 is 0 Å². The van der Waals surface area contributed by atoms with E-state index in [0.717, 1.165) is 56.9 Å². The van der Waals surface area contributed by atoms with Gasteiger partial charge in [0, 0.05) is 23.9 Å². The number of fused-ring (bicyclic) bond motifs is 1. The molecule has 0 fully saturated rings. The summed E-state index contributed by atoms with van der Waals surface area (Å²) >= 11 is 1.86. The van der Waals surface area contributed by atoms with Crippen molar-refractivity contribution in [1.82, 2.24) is 4.90 Å². The lowest BCUT2D eigenvalue weighted by Crippen LogP contribution is -2.41. The number of carbonyl (C=O) groups excluding carboxylic acids is 1. The molecule has 0 bridgehead atoms. The quantitative estimate of drug-likeness (QED) is 0.153. The molecule has 37 heavy (non-hydrogen) atoms. The first kappa shape index (κ1) is 29.9. The summed E-state index contributed by atoms with van der Waals surface area (Å²) in [4.78, 5) is 16.9. The number of benzene rings is 1. The Balaban J connectivity index is 1.49. The molecule has 206 valence electrons. The second-order valence-electron chi connectivity index (χ2n) is 11.3. The van der Waals surface area contributed by atoms with Gasteiger partial charge in [0.05, 0.1) is 0 Å². The molecule has 0 saturated heterocycles. The molecule has 0 saturated carbocycles. The standard InChI is InChI=1S/C33H51NO2S/c1-5-8-11-27(7-3)17-15-26(4)16-20-33(35)36-32-14-9-12-28-25-29(18-19-31(28)32)34(22-6-2)23-21-30-13-10-24-37-30/h9-10,12-14,24,26-27,29H,5-8,11,15-23,25H2,1-4H3. The molecular weight excluding hydrogens is 474 g/mol. The van der Waals surface area contributed by atoms with Crippen LogP contribution < -0.4 is 4.74 Å². The van der Waals surface area contributed by atoms with E-state index in [4.69, 9.17) is 4.74 Å². The zero-order chi connectivity index (χ0) is 26.5. The van der Waals surface area contributed by atoms with E-state index in [2.05, 4.69) is 62.2 Å². The van der Waals surface area contributed by atoms with Crippen molar-refractivity contribution in [2.75, 3.05) is 13.1 Å². The van der Waals surface area contributed by atoms with E-state index in [1.165, 1.54) is 60.9 Å². The van der Waals surface area contributed by atoms with Gasteiger partial charge >= 0.3 is 5.97 Å². The maximum Gasteiger partial charge on any atom is 0.311 e. The highest BCUT2D eigenvalue weighted by atomic mass is 32.1. The number of carbonyl (C=O) groups is 1. The Labute approximate surface area is 231 Å². The number of hydrogen-bond donors (Lipinski definition) is 0. The highest BCUT2D eigenvalue weighted by Crippen LogP contribution is 2.32. The number of unbranched alkanes of at least 4 members (excludes halogenated alkanes) is 1. The lowest BCUT2D eigenvalue weighted by Gasteiger charge is -2.35. The van der Waals surface area contributed by atoms with Gasteiger partial charge in [0.25, 0.3) is 0 Å². The minimum atomic E-state index is -0.0658. The van der Waals surface area contributed by atoms with E-state index in [0.29, 0.717) is 18.4 Å². The molecule has 0 N–H and O–H groups in total. The Morgan fingerprint density at radius 3 is 2.65 bits per heavy atom. The molecule has 0 amide bonds. The van der Waals surface area contributed by atoms with Crippen LogP contribution in [0.25, 0.3) is 0 Å². The Hall–Kier alpha value is -1.65. The summed E-state index contributed by atoms with van der Waals surface area (Å²) < 4.78 is 5.95. The molecule has 3 rings (SSSR count). The first-order valence-electron chi connectivity index (χ1n) is 15.1. The third kappa shape index (κ3) is 9.87. The average molecular weight is 526 g/mol. The van der Waals surface area contributed by atoms with Crippen LogP contribution >= 0.6 is 11.3 Å². The Kier molecular flexibility index (Phi) is 13.2. The molecule has 1 aliphatic carbocycles. The van der Waals surface area contributed by atoms with E-state index in [-0.39, 0.29) is 5.97 Å². The van der Waals surface area contributed by atoms with Gasteiger partial charge in [0.15, 0.2) is 0 Å². The van der Waals surface area contributed by atoms with Crippen molar-refractivity contribution in [3.05, 3.63) is 51.7 Å². The minimum Gasteiger partial charge on any atom is -0.426 e. The second kappa shape index (κ2) is 16.3. The molecule has 3 unspecified atom stereocenters. The first-order chi connectivity index (χ1) is 18.0. The van der Waals surface area contributed by atoms with E-state index in [1.54, 1.807) is 0 Å². The van der Waals surface area contributed by atoms with Crippen molar-refractivity contribution in [3.8, 4) is 5.75 Å². The normalized spacial score (nSPS) is 16.9. The van der Waals surface area contributed by atoms with Crippen LogP contribution in [0.2, 0.25) is 0 Å². The fraction of sp³-hybridized carbons (Fsp3) is 0.667.